The molecule has 0 aliphatic carbocycles. The van der Waals surface area contributed by atoms with E-state index in [4.69, 9.17) is 46.0 Å². The van der Waals surface area contributed by atoms with E-state index in [1.54, 1.807) is 0 Å². The van der Waals surface area contributed by atoms with Crippen molar-refractivity contribution >= 4 is 0 Å². The third kappa shape index (κ3) is 1570. The van der Waals surface area contributed by atoms with Gasteiger partial charge in [-0.2, -0.15) is 0 Å². The minimum Gasteiger partial charge on any atom is -0.412 e. The molecule has 2 N–H and O–H groups in total. The molecule has 0 rings (SSSR count). The van der Waals surface area contributed by atoms with Crippen LogP contribution in [0, 0.1) is 95.3 Å². The van der Waals surface area contributed by atoms with E-state index >= 15 is 0 Å². The molecule has 0 aromatic heterocycles. The maximum atomic E-state index is 8.25. The molecule has 0 saturated heterocycles. The van der Waals surface area contributed by atoms with Gasteiger partial charge in [-0.1, -0.05) is 0 Å². The van der Waals surface area contributed by atoms with Crippen LogP contribution in [0.1, 0.15) is 0 Å². The van der Waals surface area contributed by atoms with Gasteiger partial charge in [0.1, 0.15) is 0 Å². The molecule has 14 heavy (non-hydrogen) atoms. The molecular formula is H2EuN3O10. The van der Waals surface area contributed by atoms with Crippen molar-refractivity contribution < 1.29 is 70.1 Å². The molecule has 0 saturated carbocycles. The zero-order valence-corrected chi connectivity index (χ0v) is 8.32. The van der Waals surface area contributed by atoms with Crippen LogP contribution in [-0.2, 0) is 0 Å². The Morgan fingerprint density at radius 2 is 0.571 bits per heavy atom. The Balaban J connectivity index is -0.0000000270. The van der Waals surface area contributed by atoms with Gasteiger partial charge in [0.05, 0.1) is 15.3 Å². The predicted octanol–water partition coefficient (Wildman–Crippen LogP) is -1.54. The van der Waals surface area contributed by atoms with E-state index in [1.165, 1.54) is 0 Å². The molecular weight excluding hydrogens is 354 g/mol. The molecule has 0 spiro atoms. The van der Waals surface area contributed by atoms with Gasteiger partial charge in [0.15, 0.2) is 0 Å². The quantitative estimate of drug-likeness (QED) is 0.361. The van der Waals surface area contributed by atoms with Crippen LogP contribution in [0.2, 0.25) is 0 Å². The van der Waals surface area contributed by atoms with Crippen LogP contribution in [0.15, 0.2) is 0 Å². The van der Waals surface area contributed by atoms with E-state index in [0.717, 1.165) is 0 Å². The molecule has 0 aliphatic heterocycles. The molecule has 0 amide bonds. The van der Waals surface area contributed by atoms with Crippen LogP contribution in [0.5, 0.6) is 0 Å². The normalized spacial score (nSPS) is 5.14. The van der Waals surface area contributed by atoms with Gasteiger partial charge in [-0.15, -0.1) is 0 Å². The zero-order chi connectivity index (χ0) is 10.7. The Labute approximate surface area is 115 Å². The molecule has 0 atom stereocenters. The summed E-state index contributed by atoms with van der Waals surface area (Å²) in [6.07, 6.45) is 0. The van der Waals surface area contributed by atoms with E-state index in [1.807, 2.05) is 0 Å². The fraction of sp³-hybridized carbons (Fsp3) is 0. The second kappa shape index (κ2) is 22.7. The van der Waals surface area contributed by atoms with Crippen molar-refractivity contribution in [3.63, 3.8) is 0 Å². The molecule has 0 fully saturated rings. The van der Waals surface area contributed by atoms with Crippen molar-refractivity contribution in [1.82, 2.24) is 0 Å². The van der Waals surface area contributed by atoms with E-state index < -0.39 is 15.3 Å². The molecule has 13 nitrogen and oxygen atoms in total. The minimum absolute atomic E-state index is 0. The van der Waals surface area contributed by atoms with E-state index in [0.29, 0.717) is 0 Å². The molecule has 0 bridgehead atoms. The van der Waals surface area contributed by atoms with Gasteiger partial charge in [-0.05, 0) is 0 Å². The maximum Gasteiger partial charge on any atom is 3.00 e. The molecule has 0 unspecified atom stereocenters. The maximum absolute atomic E-state index is 8.25. The summed E-state index contributed by atoms with van der Waals surface area (Å²) in [5.74, 6) is 0. The average molecular weight is 356 g/mol. The van der Waals surface area contributed by atoms with Crippen LogP contribution in [0.3, 0.4) is 0 Å². The molecule has 84 valence electrons. The summed E-state index contributed by atoms with van der Waals surface area (Å²) in [6.45, 7) is 0. The summed E-state index contributed by atoms with van der Waals surface area (Å²) >= 11 is 0. The third-order valence-corrected chi connectivity index (χ3v) is 0. The Kier molecular flexibility index (Phi) is 47.5. The molecule has 0 aromatic carbocycles. The average Bonchev–Trinajstić information content (AvgIpc) is 1.54. The minimum atomic E-state index is -1.75. The summed E-state index contributed by atoms with van der Waals surface area (Å²) in [5, 5.41) is 44.2. The Hall–Kier alpha value is -0.856. The Bertz CT molecular complexity index is 113. The summed E-state index contributed by atoms with van der Waals surface area (Å²) in [6, 6.07) is 0. The summed E-state index contributed by atoms with van der Waals surface area (Å²) in [7, 11) is 0. The van der Waals surface area contributed by atoms with Crippen molar-refractivity contribution in [2.24, 2.45) is 0 Å². The van der Waals surface area contributed by atoms with Crippen LogP contribution in [-0.4, -0.2) is 20.7 Å². The first-order valence-corrected chi connectivity index (χ1v) is 1.64. The van der Waals surface area contributed by atoms with Gasteiger partial charge in [-0.25, -0.2) is 0 Å². The molecule has 14 heteroatoms. The monoisotopic (exact) mass is 357 g/mol. The van der Waals surface area contributed by atoms with Crippen LogP contribution in [0.25, 0.3) is 0 Å². The van der Waals surface area contributed by atoms with Crippen molar-refractivity contribution in [2.75, 3.05) is 0 Å². The van der Waals surface area contributed by atoms with Gasteiger partial charge < -0.3 is 51.4 Å². The van der Waals surface area contributed by atoms with Crippen LogP contribution < -0.4 is 0 Å². The van der Waals surface area contributed by atoms with Crippen LogP contribution >= 0.6 is 0 Å². The smallest absolute Gasteiger partial charge is 0.412 e. The summed E-state index contributed by atoms with van der Waals surface area (Å²) in [4.78, 5) is 24.8. The van der Waals surface area contributed by atoms with Crippen molar-refractivity contribution in [3.05, 3.63) is 46.0 Å². The number of hydrogen-bond acceptors (Lipinski definition) is 9. The van der Waals surface area contributed by atoms with Crippen molar-refractivity contribution in [2.45, 2.75) is 0 Å². The summed E-state index contributed by atoms with van der Waals surface area (Å²) in [5.41, 5.74) is 0. The first kappa shape index (κ1) is 29.2. The Morgan fingerprint density at radius 1 is 0.571 bits per heavy atom. The van der Waals surface area contributed by atoms with Crippen molar-refractivity contribution in [3.8, 4) is 0 Å². The molecule has 0 aromatic rings. The first-order valence-electron chi connectivity index (χ1n) is 1.64. The zero-order valence-electron chi connectivity index (χ0n) is 5.89. The van der Waals surface area contributed by atoms with Gasteiger partial charge in [-0.3, -0.25) is 0 Å². The standard InChI is InChI=1S/Eu.3NO3.H2O/c;3*2-1(3)4;/h;;;;1H2/q+3;3*-1;. The second-order valence-electron chi connectivity index (χ2n) is 0.671. The Morgan fingerprint density at radius 3 is 0.571 bits per heavy atom. The number of rotatable bonds is 0. The van der Waals surface area contributed by atoms with E-state index in [-0.39, 0.29) is 54.9 Å². The van der Waals surface area contributed by atoms with Gasteiger partial charge in [0.2, 0.25) is 0 Å². The van der Waals surface area contributed by atoms with Crippen LogP contribution in [0.4, 0.5) is 0 Å². The largest absolute Gasteiger partial charge is 3.00 e. The second-order valence-corrected chi connectivity index (χ2v) is 0.671. The topological polar surface area (TPSA) is 230 Å². The predicted molar refractivity (Wildman–Crippen MR) is 34.7 cm³/mol. The number of hydrogen-bond donors (Lipinski definition) is 0. The van der Waals surface area contributed by atoms with Crippen molar-refractivity contribution in [1.29, 1.82) is 0 Å². The first-order chi connectivity index (χ1) is 5.20. The fourth-order valence-electron chi connectivity index (χ4n) is 0. The SMILES string of the molecule is O.O=[N+]([O-])[O-].O=[N+]([O-])[O-].O=[N+]([O-])[O-].[Eu+3]. The molecule has 0 aliphatic rings. The van der Waals surface area contributed by atoms with Gasteiger partial charge in [0.25, 0.3) is 0 Å². The summed E-state index contributed by atoms with van der Waals surface area (Å²) < 4.78 is 0. The van der Waals surface area contributed by atoms with E-state index in [2.05, 4.69) is 0 Å². The van der Waals surface area contributed by atoms with Gasteiger partial charge in [0, 0.05) is 0 Å². The molecule has 0 heterocycles. The third-order valence-electron chi connectivity index (χ3n) is 0. The fourth-order valence-corrected chi connectivity index (χ4v) is 0. The number of nitrogens with zero attached hydrogens (tertiary/aromatic N) is 3. The molecule has 0 radical (unpaired) electrons. The van der Waals surface area contributed by atoms with E-state index in [9.17, 15) is 0 Å². The van der Waals surface area contributed by atoms with Gasteiger partial charge >= 0.3 is 49.4 Å².